The first-order chi connectivity index (χ1) is 18.6. The Labute approximate surface area is 232 Å². The number of nitrogens with one attached hydrogen (secondary N) is 2. The first kappa shape index (κ1) is 31.5. The molecule has 0 saturated carbocycles. The molecular formula is C24H21F2N3O9S2. The topological polar surface area (TPSA) is 217 Å². The summed E-state index contributed by atoms with van der Waals surface area (Å²) >= 11 is 2.23. The van der Waals surface area contributed by atoms with Crippen LogP contribution in [0, 0.1) is 5.41 Å². The molecule has 2 heterocycles. The SMILES string of the molecule is CC(F)(F)C(=O)O.N=C(N)c1ccc(OC(=O)c2ccc(-c3ccc(C(=O)N[C@@H](CC(=O)O)C(=O)O)s3)s2)cc1. The Kier molecular flexibility index (Phi) is 10.5. The number of halogens is 2. The number of amidine groups is 1. The molecule has 0 bridgehead atoms. The smallest absolute Gasteiger partial charge is 0.374 e. The molecule has 212 valence electrons. The van der Waals surface area contributed by atoms with Crippen LogP contribution in [0.2, 0.25) is 0 Å². The van der Waals surface area contributed by atoms with Gasteiger partial charge in [-0.1, -0.05) is 0 Å². The number of nitrogens with two attached hydrogens (primary N) is 1. The fraction of sp³-hybridized carbons (Fsp3) is 0.167. The van der Waals surface area contributed by atoms with Crippen molar-refractivity contribution in [3.05, 3.63) is 63.8 Å². The van der Waals surface area contributed by atoms with Gasteiger partial charge >= 0.3 is 29.8 Å². The summed E-state index contributed by atoms with van der Waals surface area (Å²) in [4.78, 5) is 57.8. The standard InChI is InChI=1S/C21H17N3O7S2.C3H4F2O2/c22-18(23)10-1-3-11(4-2-10)31-21(30)16-8-6-14(33-16)13-5-7-15(32-13)19(27)24-12(20(28)29)9-17(25)26;1-3(4,5)2(6)7/h1-8,12H,9H2,(H3,22,23)(H,24,27)(H,25,26)(H,28,29);1H3,(H,6,7)/t12-;/m0./s1. The molecule has 7 N–H and O–H groups in total. The van der Waals surface area contributed by atoms with Crippen LogP contribution in [-0.4, -0.2) is 62.9 Å². The lowest BCUT2D eigenvalue weighted by Gasteiger charge is -2.11. The molecule has 1 aromatic carbocycles. The molecule has 3 aromatic rings. The van der Waals surface area contributed by atoms with Crippen molar-refractivity contribution in [2.75, 3.05) is 0 Å². The third-order valence-corrected chi connectivity index (χ3v) is 6.96. The largest absolute Gasteiger partial charge is 0.481 e. The second-order valence-electron chi connectivity index (χ2n) is 7.81. The van der Waals surface area contributed by atoms with Gasteiger partial charge in [0.2, 0.25) is 0 Å². The Hall–Kier alpha value is -4.70. The molecule has 0 unspecified atom stereocenters. The highest BCUT2D eigenvalue weighted by Crippen LogP contribution is 2.34. The van der Waals surface area contributed by atoms with Crippen molar-refractivity contribution in [3.8, 4) is 15.5 Å². The summed E-state index contributed by atoms with van der Waals surface area (Å²) < 4.78 is 27.8. The molecule has 0 aliphatic rings. The number of alkyl halides is 2. The molecule has 40 heavy (non-hydrogen) atoms. The van der Waals surface area contributed by atoms with Crippen molar-refractivity contribution >= 4 is 58.3 Å². The van der Waals surface area contributed by atoms with E-state index in [1.807, 2.05) is 0 Å². The molecule has 0 aliphatic heterocycles. The lowest BCUT2D eigenvalue weighted by atomic mass is 10.2. The monoisotopic (exact) mass is 597 g/mol. The Morgan fingerprint density at radius 1 is 0.950 bits per heavy atom. The van der Waals surface area contributed by atoms with Crippen LogP contribution in [0.5, 0.6) is 5.75 Å². The Morgan fingerprint density at radius 3 is 1.90 bits per heavy atom. The highest BCUT2D eigenvalue weighted by molar-refractivity contribution is 7.23. The number of carbonyl (C=O) groups excluding carboxylic acids is 2. The molecule has 3 rings (SSSR count). The van der Waals surface area contributed by atoms with Crippen LogP contribution in [0.3, 0.4) is 0 Å². The van der Waals surface area contributed by atoms with E-state index in [-0.39, 0.29) is 10.7 Å². The number of nitrogen functional groups attached to an aromatic ring is 1. The second kappa shape index (κ2) is 13.4. The Bertz CT molecular complexity index is 1430. The van der Waals surface area contributed by atoms with E-state index in [9.17, 15) is 32.8 Å². The van der Waals surface area contributed by atoms with Gasteiger partial charge in [0.25, 0.3) is 5.91 Å². The average Bonchev–Trinajstić information content (AvgIpc) is 3.53. The average molecular weight is 598 g/mol. The van der Waals surface area contributed by atoms with Gasteiger partial charge in [0.05, 0.1) is 11.3 Å². The number of ether oxygens (including phenoxy) is 1. The van der Waals surface area contributed by atoms with Gasteiger partial charge in [0.15, 0.2) is 0 Å². The molecule has 1 amide bonds. The van der Waals surface area contributed by atoms with Crippen LogP contribution in [0.15, 0.2) is 48.5 Å². The summed E-state index contributed by atoms with van der Waals surface area (Å²) in [6.45, 7) is 0.329. The minimum atomic E-state index is -3.58. The molecular weight excluding hydrogens is 576 g/mol. The first-order valence-electron chi connectivity index (χ1n) is 10.8. The second-order valence-corrected chi connectivity index (χ2v) is 9.98. The molecule has 12 nitrogen and oxygen atoms in total. The van der Waals surface area contributed by atoms with E-state index in [4.69, 9.17) is 31.2 Å². The first-order valence-corrected chi connectivity index (χ1v) is 12.4. The third-order valence-electron chi connectivity index (χ3n) is 4.61. The summed E-state index contributed by atoms with van der Waals surface area (Å²) in [7, 11) is 0. The summed E-state index contributed by atoms with van der Waals surface area (Å²) in [5.74, 6) is -9.54. The number of rotatable bonds is 10. The van der Waals surface area contributed by atoms with E-state index in [0.29, 0.717) is 32.9 Å². The van der Waals surface area contributed by atoms with Gasteiger partial charge in [-0.15, -0.1) is 22.7 Å². The highest BCUT2D eigenvalue weighted by Gasteiger charge is 2.31. The third kappa shape index (κ3) is 9.25. The van der Waals surface area contributed by atoms with Gasteiger partial charge in [-0.05, 0) is 48.5 Å². The van der Waals surface area contributed by atoms with E-state index >= 15 is 0 Å². The Balaban J connectivity index is 0.000000708. The lowest BCUT2D eigenvalue weighted by molar-refractivity contribution is -0.162. The van der Waals surface area contributed by atoms with Gasteiger partial charge < -0.3 is 31.1 Å². The molecule has 0 fully saturated rings. The fourth-order valence-corrected chi connectivity index (χ4v) is 4.52. The minimum Gasteiger partial charge on any atom is -0.481 e. The number of carbonyl (C=O) groups is 5. The van der Waals surface area contributed by atoms with Crippen molar-refractivity contribution in [3.63, 3.8) is 0 Å². The number of thiophene rings is 2. The maximum Gasteiger partial charge on any atom is 0.374 e. The number of hydrogen-bond acceptors (Lipinski definition) is 9. The zero-order valence-electron chi connectivity index (χ0n) is 20.3. The number of amides is 1. The molecule has 0 saturated heterocycles. The van der Waals surface area contributed by atoms with Crippen molar-refractivity contribution in [2.24, 2.45) is 5.73 Å². The Morgan fingerprint density at radius 2 is 1.45 bits per heavy atom. The number of aliphatic carboxylic acids is 3. The molecule has 0 aliphatic carbocycles. The number of carboxylic acid groups (broad SMARTS) is 3. The summed E-state index contributed by atoms with van der Waals surface area (Å²) in [5, 5.41) is 34.9. The molecule has 2 aromatic heterocycles. The van der Waals surface area contributed by atoms with Gasteiger partial charge in [-0.3, -0.25) is 15.0 Å². The van der Waals surface area contributed by atoms with Crippen molar-refractivity contribution in [1.82, 2.24) is 5.32 Å². The van der Waals surface area contributed by atoms with E-state index in [1.54, 1.807) is 30.3 Å². The van der Waals surface area contributed by atoms with Gasteiger partial charge in [0.1, 0.15) is 22.5 Å². The quantitative estimate of drug-likeness (QED) is 0.0866. The predicted molar refractivity (Wildman–Crippen MR) is 139 cm³/mol. The van der Waals surface area contributed by atoms with E-state index < -0.39 is 48.2 Å². The van der Waals surface area contributed by atoms with Crippen molar-refractivity contribution < 1.29 is 52.8 Å². The summed E-state index contributed by atoms with van der Waals surface area (Å²) in [6.07, 6.45) is -0.743. The summed E-state index contributed by atoms with van der Waals surface area (Å²) in [6, 6.07) is 11.1. The predicted octanol–water partition coefficient (Wildman–Crippen LogP) is 3.36. The van der Waals surface area contributed by atoms with Crippen molar-refractivity contribution in [1.29, 1.82) is 5.41 Å². The van der Waals surface area contributed by atoms with Crippen LogP contribution in [0.25, 0.3) is 9.75 Å². The number of benzene rings is 1. The summed E-state index contributed by atoms with van der Waals surface area (Å²) in [5.41, 5.74) is 5.90. The van der Waals surface area contributed by atoms with Crippen LogP contribution in [0.4, 0.5) is 8.78 Å². The van der Waals surface area contributed by atoms with Crippen LogP contribution >= 0.6 is 22.7 Å². The van der Waals surface area contributed by atoms with E-state index in [0.717, 1.165) is 22.7 Å². The van der Waals surface area contributed by atoms with E-state index in [2.05, 4.69) is 5.32 Å². The van der Waals surface area contributed by atoms with E-state index in [1.165, 1.54) is 18.2 Å². The van der Waals surface area contributed by atoms with Gasteiger partial charge in [0, 0.05) is 22.2 Å². The minimum absolute atomic E-state index is 0.0971. The molecule has 0 spiro atoms. The van der Waals surface area contributed by atoms with Crippen LogP contribution in [-0.2, 0) is 14.4 Å². The van der Waals surface area contributed by atoms with Crippen LogP contribution < -0.4 is 15.8 Å². The van der Waals surface area contributed by atoms with Gasteiger partial charge in [-0.2, -0.15) is 8.78 Å². The molecule has 16 heteroatoms. The zero-order valence-corrected chi connectivity index (χ0v) is 22.0. The fourth-order valence-electron chi connectivity index (χ4n) is 2.64. The number of esters is 1. The van der Waals surface area contributed by atoms with Crippen molar-refractivity contribution in [2.45, 2.75) is 25.3 Å². The maximum absolute atomic E-state index is 12.4. The maximum atomic E-state index is 12.4. The lowest BCUT2D eigenvalue weighted by Crippen LogP contribution is -2.41. The van der Waals surface area contributed by atoms with Gasteiger partial charge in [-0.25, -0.2) is 14.4 Å². The molecule has 0 radical (unpaired) electrons. The normalized spacial score (nSPS) is 11.4. The highest BCUT2D eigenvalue weighted by atomic mass is 32.1. The molecule has 1 atom stereocenters. The van der Waals surface area contributed by atoms with Crippen LogP contribution in [0.1, 0.15) is 38.3 Å². The number of hydrogen-bond donors (Lipinski definition) is 6. The number of carboxylic acids is 3. The zero-order chi connectivity index (χ0) is 30.2.